The van der Waals surface area contributed by atoms with Gasteiger partial charge in [-0.2, -0.15) is 14.1 Å². The summed E-state index contributed by atoms with van der Waals surface area (Å²) in [7, 11) is -3.33. The van der Waals surface area contributed by atoms with Gasteiger partial charge in [-0.15, -0.1) is 0 Å². The molecule has 1 unspecified atom stereocenters. The third-order valence-electron chi connectivity index (χ3n) is 6.30. The minimum atomic E-state index is -3.33. The molecule has 0 spiro atoms. The quantitative estimate of drug-likeness (QED) is 0.634. The zero-order valence-electron chi connectivity index (χ0n) is 17.8. The van der Waals surface area contributed by atoms with Crippen LogP contribution in [0.2, 0.25) is 0 Å². The molecule has 3 N–H and O–H groups in total. The molecule has 8 nitrogen and oxygen atoms in total. The highest BCUT2D eigenvalue weighted by atomic mass is 32.2. The smallest absolute Gasteiger partial charge is 0.256 e. The fourth-order valence-electron chi connectivity index (χ4n) is 4.58. The lowest BCUT2D eigenvalue weighted by molar-refractivity contribution is 0.0859. The number of sulfonamides is 1. The Labute approximate surface area is 187 Å². The molecule has 5 rings (SSSR count). The largest absolute Gasteiger partial charge is 0.385 e. The van der Waals surface area contributed by atoms with E-state index in [9.17, 15) is 13.2 Å². The number of hydrogen-bond donors (Lipinski definition) is 2. The third-order valence-corrected chi connectivity index (χ3v) is 7.55. The molecule has 0 fully saturated rings. The molecule has 1 aromatic heterocycles. The van der Waals surface area contributed by atoms with Gasteiger partial charge in [0, 0.05) is 24.3 Å². The molecule has 3 heterocycles. The summed E-state index contributed by atoms with van der Waals surface area (Å²) < 4.78 is 26.5. The summed E-state index contributed by atoms with van der Waals surface area (Å²) in [6, 6.07) is 16.2. The first-order valence-corrected chi connectivity index (χ1v) is 12.5. The highest BCUT2D eigenvalue weighted by molar-refractivity contribution is 7.88. The third kappa shape index (κ3) is 3.57. The summed E-state index contributed by atoms with van der Waals surface area (Å²) in [5.41, 5.74) is 11.6. The van der Waals surface area contributed by atoms with Crippen molar-refractivity contribution < 1.29 is 13.2 Å². The molecule has 9 heteroatoms. The van der Waals surface area contributed by atoms with Crippen molar-refractivity contribution in [1.29, 1.82) is 0 Å². The molecule has 3 aromatic rings. The van der Waals surface area contributed by atoms with E-state index in [1.165, 1.54) is 15.2 Å². The Hall–Kier alpha value is -3.17. The van der Waals surface area contributed by atoms with Crippen LogP contribution in [0.5, 0.6) is 0 Å². The van der Waals surface area contributed by atoms with Gasteiger partial charge in [0.15, 0.2) is 0 Å². The molecular formula is C23H25N5O3S. The van der Waals surface area contributed by atoms with Gasteiger partial charge in [0.2, 0.25) is 10.0 Å². The number of nitrogens with zero attached hydrogens (tertiary/aromatic N) is 3. The highest BCUT2D eigenvalue weighted by Crippen LogP contribution is 2.37. The normalized spacial score (nSPS) is 18.5. The van der Waals surface area contributed by atoms with Crippen LogP contribution in [0.4, 0.5) is 11.5 Å². The van der Waals surface area contributed by atoms with Crippen LogP contribution in [0.15, 0.2) is 48.5 Å². The van der Waals surface area contributed by atoms with Crippen molar-refractivity contribution in [2.75, 3.05) is 30.4 Å². The van der Waals surface area contributed by atoms with E-state index in [2.05, 4.69) is 22.5 Å². The van der Waals surface area contributed by atoms with Crippen molar-refractivity contribution in [1.82, 2.24) is 14.1 Å². The molecule has 0 radical (unpaired) electrons. The number of anilines is 2. The Morgan fingerprint density at radius 2 is 1.94 bits per heavy atom. The Morgan fingerprint density at radius 3 is 2.69 bits per heavy atom. The Morgan fingerprint density at radius 1 is 1.16 bits per heavy atom. The van der Waals surface area contributed by atoms with Crippen LogP contribution >= 0.6 is 0 Å². The summed E-state index contributed by atoms with van der Waals surface area (Å²) in [6.07, 6.45) is 2.26. The lowest BCUT2D eigenvalue weighted by atomic mass is 9.88. The van der Waals surface area contributed by atoms with Crippen LogP contribution in [0.25, 0.3) is 11.1 Å². The van der Waals surface area contributed by atoms with Crippen molar-refractivity contribution >= 4 is 27.4 Å². The maximum absolute atomic E-state index is 13.6. The maximum Gasteiger partial charge on any atom is 0.256 e. The van der Waals surface area contributed by atoms with Crippen molar-refractivity contribution in [2.45, 2.75) is 25.3 Å². The van der Waals surface area contributed by atoms with E-state index in [4.69, 9.17) is 5.73 Å². The number of hydrogen-bond acceptors (Lipinski definition) is 6. The topological polar surface area (TPSA) is 110 Å². The van der Waals surface area contributed by atoms with E-state index < -0.39 is 10.0 Å². The molecule has 166 valence electrons. The van der Waals surface area contributed by atoms with Gasteiger partial charge >= 0.3 is 0 Å². The van der Waals surface area contributed by atoms with Gasteiger partial charge in [-0.25, -0.2) is 8.42 Å². The Kier molecular flexibility index (Phi) is 5.02. The number of carbonyl (C=O) groups is 1. The number of aromatic nitrogens is 2. The number of fused-ring (bicyclic) bond motifs is 2. The molecule has 0 aliphatic carbocycles. The molecule has 0 amide bonds. The van der Waals surface area contributed by atoms with Crippen LogP contribution in [0.1, 0.15) is 34.0 Å². The molecule has 0 saturated carbocycles. The number of nitrogen functional groups attached to an aromatic ring is 1. The van der Waals surface area contributed by atoms with Crippen molar-refractivity contribution in [3.8, 4) is 11.1 Å². The average molecular weight is 452 g/mol. The van der Waals surface area contributed by atoms with E-state index in [0.29, 0.717) is 37.4 Å². The van der Waals surface area contributed by atoms with Crippen LogP contribution in [0.3, 0.4) is 0 Å². The first-order chi connectivity index (χ1) is 15.3. The molecule has 0 bridgehead atoms. The van der Waals surface area contributed by atoms with E-state index in [-0.39, 0.29) is 18.4 Å². The standard InChI is InChI=1S/C23H25N5O3S/c1-32(30,31)27-12-10-18-21(14-27)26-28(22(18)24)23(29)17-9-11-25-20-8-7-16(13-19(17)20)15-5-3-2-4-6-15/h2-8,13,17,25H,9-12,14,24H2,1H3. The van der Waals surface area contributed by atoms with Crippen LogP contribution in [0, 0.1) is 0 Å². The summed E-state index contributed by atoms with van der Waals surface area (Å²) >= 11 is 0. The molecule has 2 aliphatic rings. The van der Waals surface area contributed by atoms with Gasteiger partial charge in [0.25, 0.3) is 5.91 Å². The fourth-order valence-corrected chi connectivity index (χ4v) is 5.36. The summed E-state index contributed by atoms with van der Waals surface area (Å²) in [5, 5.41) is 7.84. The first-order valence-electron chi connectivity index (χ1n) is 10.6. The highest BCUT2D eigenvalue weighted by Gasteiger charge is 2.33. The average Bonchev–Trinajstić information content (AvgIpc) is 3.14. The van der Waals surface area contributed by atoms with E-state index >= 15 is 0 Å². The number of benzene rings is 2. The second-order valence-electron chi connectivity index (χ2n) is 8.34. The lowest BCUT2D eigenvalue weighted by Crippen LogP contribution is -2.35. The van der Waals surface area contributed by atoms with Gasteiger partial charge in [-0.05, 0) is 41.7 Å². The van der Waals surface area contributed by atoms with Crippen molar-refractivity contribution in [3.05, 3.63) is 65.4 Å². The van der Waals surface area contributed by atoms with E-state index in [1.54, 1.807) is 0 Å². The molecule has 2 aromatic carbocycles. The second-order valence-corrected chi connectivity index (χ2v) is 10.3. The second kappa shape index (κ2) is 7.75. The van der Waals surface area contributed by atoms with Crippen LogP contribution in [-0.2, 0) is 23.0 Å². The predicted molar refractivity (Wildman–Crippen MR) is 124 cm³/mol. The van der Waals surface area contributed by atoms with Gasteiger partial charge < -0.3 is 11.1 Å². The number of nitrogens with one attached hydrogen (secondary N) is 1. The van der Waals surface area contributed by atoms with E-state index in [0.717, 1.165) is 27.9 Å². The summed E-state index contributed by atoms with van der Waals surface area (Å²) in [4.78, 5) is 13.6. The molecule has 0 saturated heterocycles. The Balaban J connectivity index is 1.50. The van der Waals surface area contributed by atoms with Gasteiger partial charge in [-0.1, -0.05) is 36.4 Å². The molecule has 32 heavy (non-hydrogen) atoms. The fraction of sp³-hybridized carbons (Fsp3) is 0.304. The summed E-state index contributed by atoms with van der Waals surface area (Å²) in [5.74, 6) is -0.252. The Bertz CT molecular complexity index is 1300. The minimum absolute atomic E-state index is 0.139. The van der Waals surface area contributed by atoms with Gasteiger partial charge in [-0.3, -0.25) is 4.79 Å². The number of carbonyl (C=O) groups excluding carboxylic acids is 1. The monoisotopic (exact) mass is 451 g/mol. The van der Waals surface area contributed by atoms with Crippen molar-refractivity contribution in [3.63, 3.8) is 0 Å². The van der Waals surface area contributed by atoms with Crippen LogP contribution < -0.4 is 11.1 Å². The molecule has 2 aliphatic heterocycles. The van der Waals surface area contributed by atoms with Gasteiger partial charge in [0.05, 0.1) is 24.4 Å². The SMILES string of the molecule is CS(=O)(=O)N1CCc2c(nn(C(=O)C3CCNc4ccc(-c5ccccc5)cc43)c2N)C1. The summed E-state index contributed by atoms with van der Waals surface area (Å²) in [6.45, 7) is 1.16. The number of nitrogens with two attached hydrogens (primary N) is 1. The zero-order valence-corrected chi connectivity index (χ0v) is 18.6. The predicted octanol–water partition coefficient (Wildman–Crippen LogP) is 2.69. The lowest BCUT2D eigenvalue weighted by Gasteiger charge is -2.26. The first kappa shape index (κ1) is 20.7. The number of rotatable bonds is 3. The molecule has 1 atom stereocenters. The maximum atomic E-state index is 13.6. The van der Waals surface area contributed by atoms with Gasteiger partial charge in [0.1, 0.15) is 5.82 Å². The van der Waals surface area contributed by atoms with Crippen LogP contribution in [-0.4, -0.2) is 47.8 Å². The van der Waals surface area contributed by atoms with E-state index in [1.807, 2.05) is 36.4 Å². The molecular weight excluding hydrogens is 426 g/mol. The minimum Gasteiger partial charge on any atom is -0.385 e. The van der Waals surface area contributed by atoms with Crippen molar-refractivity contribution in [2.24, 2.45) is 0 Å². The zero-order chi connectivity index (χ0) is 22.5.